The molecular weight excluding hydrogens is 518 g/mol. The third-order valence-corrected chi connectivity index (χ3v) is 12.3. The van der Waals surface area contributed by atoms with Gasteiger partial charge in [-0.25, -0.2) is 0 Å². The van der Waals surface area contributed by atoms with Gasteiger partial charge in [0.15, 0.2) is 0 Å². The van der Waals surface area contributed by atoms with E-state index in [0.717, 1.165) is 0 Å². The predicted molar refractivity (Wildman–Crippen MR) is 155 cm³/mol. The predicted octanol–water partition coefficient (Wildman–Crippen LogP) is 4.31. The molecule has 8 heteroatoms. The fourth-order valence-corrected chi connectivity index (χ4v) is 9.17. The van der Waals surface area contributed by atoms with Crippen molar-refractivity contribution in [2.75, 3.05) is 0 Å². The van der Waals surface area contributed by atoms with Crippen LogP contribution < -0.4 is 30.3 Å². The van der Waals surface area contributed by atoms with Gasteiger partial charge >= 0.3 is 221 Å². The van der Waals surface area contributed by atoms with Crippen molar-refractivity contribution in [2.24, 2.45) is 0 Å². The molecule has 5 aromatic rings. The molecule has 6 nitrogen and oxygen atoms in total. The van der Waals surface area contributed by atoms with E-state index in [-0.39, 0.29) is 32.7 Å². The van der Waals surface area contributed by atoms with Crippen LogP contribution in [0.3, 0.4) is 0 Å². The molecule has 0 atom stereocenters. The van der Waals surface area contributed by atoms with E-state index in [1.54, 1.807) is 133 Å². The number of para-hydroxylation sites is 2. The van der Waals surface area contributed by atoms with Crippen LogP contribution in [0, 0.1) is 0 Å². The molecule has 0 heterocycles. The summed E-state index contributed by atoms with van der Waals surface area (Å²) in [7, 11) is -10.5. The quantitative estimate of drug-likeness (QED) is 0.217. The molecule has 0 aliphatic heterocycles. The molecule has 5 rings (SSSR count). The van der Waals surface area contributed by atoms with Crippen molar-refractivity contribution in [1.29, 1.82) is 0 Å². The third-order valence-electron chi connectivity index (χ3n) is 6.28. The summed E-state index contributed by atoms with van der Waals surface area (Å²) in [5, 5.41) is 0.708. The van der Waals surface area contributed by atoms with Crippen molar-refractivity contribution in [1.82, 2.24) is 0 Å². The van der Waals surface area contributed by atoms with E-state index in [0.29, 0.717) is 0 Å². The molecule has 38 heavy (non-hydrogen) atoms. The van der Waals surface area contributed by atoms with Crippen molar-refractivity contribution in [2.45, 2.75) is 0 Å². The zero-order chi connectivity index (χ0) is 26.7. The molecule has 0 saturated heterocycles. The number of hydrogen-bond acceptors (Lipinski definition) is 6. The van der Waals surface area contributed by atoms with E-state index >= 15 is 0 Å². The van der Waals surface area contributed by atoms with Crippen LogP contribution in [0.25, 0.3) is 0 Å². The van der Waals surface area contributed by atoms with Gasteiger partial charge in [0, 0.05) is 0 Å². The van der Waals surface area contributed by atoms with E-state index in [9.17, 15) is 19.6 Å². The van der Waals surface area contributed by atoms with Crippen LogP contribution in [0.4, 0.5) is 0 Å². The van der Waals surface area contributed by atoms with Crippen LogP contribution in [0.2, 0.25) is 0 Å². The maximum atomic E-state index is 12.1. The van der Waals surface area contributed by atoms with Gasteiger partial charge in [-0.05, 0) is 0 Å². The molecule has 0 aliphatic carbocycles. The molecule has 0 spiro atoms. The van der Waals surface area contributed by atoms with Gasteiger partial charge in [-0.15, -0.1) is 0 Å². The molecule has 0 unspecified atom stereocenters. The summed E-state index contributed by atoms with van der Waals surface area (Å²) in [6.45, 7) is 0. The Morgan fingerprint density at radius 1 is 0.316 bits per heavy atom. The molecule has 0 bridgehead atoms. The van der Waals surface area contributed by atoms with E-state index in [1.807, 2.05) is 0 Å². The first-order valence-electron chi connectivity index (χ1n) is 11.9. The van der Waals surface area contributed by atoms with E-state index < -0.39 is 14.6 Å². The fraction of sp³-hybridized carbons (Fsp3) is 0. The Morgan fingerprint density at radius 3 is 0.763 bits per heavy atom. The minimum absolute atomic E-state index is 0.0631. The molecule has 194 valence electrons. The molecule has 0 aliphatic rings. The van der Waals surface area contributed by atoms with Gasteiger partial charge in [0.05, 0.1) is 0 Å². The van der Waals surface area contributed by atoms with Gasteiger partial charge < -0.3 is 0 Å². The second-order valence-corrected chi connectivity index (χ2v) is 15.1. The van der Waals surface area contributed by atoms with Crippen LogP contribution in [0.1, 0.15) is 0 Å². The molecule has 0 saturated carbocycles. The monoisotopic (exact) mass is 546 g/mol. The first-order chi connectivity index (χ1) is 18.2. The molecule has 4 N–H and O–H groups in total. The zero-order valence-corrected chi connectivity index (χ0v) is 22.1. The Hall–Kier alpha value is -3.60. The van der Waals surface area contributed by atoms with Crippen LogP contribution in [-0.4, -0.2) is 19.6 Å². The van der Waals surface area contributed by atoms with Crippen LogP contribution in [0.5, 0.6) is 11.5 Å². The first kappa shape index (κ1) is 26.0. The maximum absolute atomic E-state index is 12.1. The van der Waals surface area contributed by atoms with Crippen molar-refractivity contribution in [3.8, 4) is 11.5 Å². The summed E-state index contributed by atoms with van der Waals surface area (Å²) in [4.78, 5) is 48.4. The van der Waals surface area contributed by atoms with Gasteiger partial charge in [0.1, 0.15) is 0 Å². The van der Waals surface area contributed by atoms with Crippen molar-refractivity contribution >= 4 is 35.8 Å². The topological polar surface area (TPSA) is 99.4 Å². The summed E-state index contributed by atoms with van der Waals surface area (Å²) < 4.78 is 12.3. The second-order valence-electron chi connectivity index (χ2n) is 8.87. The fourth-order valence-electron chi connectivity index (χ4n) is 4.27. The zero-order valence-electron chi connectivity index (χ0n) is 20.4. The molecule has 0 radical (unpaired) electrons. The van der Waals surface area contributed by atoms with Gasteiger partial charge in [0.25, 0.3) is 0 Å². The Labute approximate surface area is 221 Å². The Balaban J connectivity index is 1.67. The molecule has 5 aromatic carbocycles. The van der Waals surface area contributed by atoms with E-state index in [2.05, 4.69) is 0 Å². The Kier molecular flexibility index (Phi) is 6.58. The number of hydrogen-bond donors (Lipinski definition) is 4. The van der Waals surface area contributed by atoms with Crippen LogP contribution in [-0.2, 0) is 0 Å². The second kappa shape index (κ2) is 9.61. The van der Waals surface area contributed by atoms with E-state index in [1.165, 1.54) is 12.1 Å². The Morgan fingerprint density at radius 2 is 0.526 bits per heavy atom. The molecule has 0 aromatic heterocycles. The van der Waals surface area contributed by atoms with E-state index in [4.69, 9.17) is 9.05 Å². The normalized spacial score (nSPS) is 13.9. The molecule has 0 fully saturated rings. The summed E-state index contributed by atoms with van der Waals surface area (Å²) >= 11 is 0. The summed E-state index contributed by atoms with van der Waals surface area (Å²) in [6.07, 6.45) is 0. The Bertz CT molecular complexity index is 1320. The van der Waals surface area contributed by atoms with Crippen molar-refractivity contribution in [3.05, 3.63) is 146 Å². The van der Waals surface area contributed by atoms with Crippen molar-refractivity contribution < 1.29 is 28.6 Å². The van der Waals surface area contributed by atoms with Gasteiger partial charge in [0.2, 0.25) is 0 Å². The van der Waals surface area contributed by atoms with Crippen LogP contribution >= 0.6 is 14.6 Å². The average Bonchev–Trinajstić information content (AvgIpc) is 2.96. The van der Waals surface area contributed by atoms with Gasteiger partial charge in [-0.2, -0.15) is 0 Å². The SMILES string of the molecule is OP(O)(Oc1ccccc1OP(O)(O)(c1ccccc1)c1ccccc1)(c1ccccc1)c1ccccc1. The number of benzene rings is 5. The third kappa shape index (κ3) is 4.59. The van der Waals surface area contributed by atoms with Crippen molar-refractivity contribution in [3.63, 3.8) is 0 Å². The van der Waals surface area contributed by atoms with Gasteiger partial charge in [-0.3, -0.25) is 0 Å². The average molecular weight is 546 g/mol. The minimum atomic E-state index is -5.27. The van der Waals surface area contributed by atoms with Gasteiger partial charge in [-0.1, -0.05) is 0 Å². The summed E-state index contributed by atoms with van der Waals surface area (Å²) in [5.41, 5.74) is 0. The first-order valence-corrected chi connectivity index (χ1v) is 16.1. The molecular formula is C30H28O6P2. The van der Waals surface area contributed by atoms with Crippen LogP contribution in [0.15, 0.2) is 146 Å². The molecule has 0 amide bonds. The summed E-state index contributed by atoms with van der Waals surface area (Å²) in [5.74, 6) is -0.126. The summed E-state index contributed by atoms with van der Waals surface area (Å²) in [6, 6.07) is 39.6. The number of rotatable bonds is 8. The standard InChI is InChI=1S/C30H28O6P2/c31-37(32,25-15-5-1-6-16-25,26-17-7-2-8-18-26)35-29-23-13-14-24-30(29)36-38(33,34,27-19-9-3-10-20-27)28-21-11-4-12-22-28/h1-24,31-34H.